The van der Waals surface area contributed by atoms with E-state index in [2.05, 4.69) is 65.1 Å². The van der Waals surface area contributed by atoms with E-state index >= 15 is 0 Å². The number of aryl methyl sites for hydroxylation is 1. The molecule has 1 N–H and O–H groups in total. The average Bonchev–Trinajstić information content (AvgIpc) is 2.13. The molecule has 0 aromatic heterocycles. The second-order valence-corrected chi connectivity index (χ2v) is 7.74. The van der Waals surface area contributed by atoms with Crippen molar-refractivity contribution in [3.05, 3.63) is 29.3 Å². The van der Waals surface area contributed by atoms with Crippen LogP contribution in [0.3, 0.4) is 0 Å². The van der Waals surface area contributed by atoms with Gasteiger partial charge in [0.25, 0.3) is 0 Å². The van der Waals surface area contributed by atoms with Crippen LogP contribution in [-0.2, 0) is 6.54 Å². The molecular formula is C15H25NS. The van der Waals surface area contributed by atoms with Gasteiger partial charge in [0, 0.05) is 22.2 Å². The summed E-state index contributed by atoms with van der Waals surface area (Å²) in [6.07, 6.45) is 0. The van der Waals surface area contributed by atoms with Gasteiger partial charge >= 0.3 is 0 Å². The van der Waals surface area contributed by atoms with E-state index in [0.717, 1.165) is 6.54 Å². The SMILES string of the molecule is Cc1cc(SC(C)(C)C)ccc1CNC(C)C. The lowest BCUT2D eigenvalue weighted by Crippen LogP contribution is -2.22. The van der Waals surface area contributed by atoms with E-state index in [1.807, 2.05) is 11.8 Å². The summed E-state index contributed by atoms with van der Waals surface area (Å²) < 4.78 is 0.282. The molecule has 1 rings (SSSR count). The van der Waals surface area contributed by atoms with Crippen LogP contribution in [0.25, 0.3) is 0 Å². The van der Waals surface area contributed by atoms with Crippen LogP contribution in [0.5, 0.6) is 0 Å². The Morgan fingerprint density at radius 1 is 1.24 bits per heavy atom. The summed E-state index contributed by atoms with van der Waals surface area (Å²) in [5, 5.41) is 3.46. The Morgan fingerprint density at radius 3 is 2.35 bits per heavy atom. The molecule has 0 aliphatic carbocycles. The number of hydrogen-bond donors (Lipinski definition) is 1. The van der Waals surface area contributed by atoms with Crippen LogP contribution >= 0.6 is 11.8 Å². The average molecular weight is 251 g/mol. The van der Waals surface area contributed by atoms with Crippen LogP contribution in [0.4, 0.5) is 0 Å². The molecule has 0 atom stereocenters. The molecule has 0 aliphatic heterocycles. The molecule has 0 radical (unpaired) electrons. The van der Waals surface area contributed by atoms with Gasteiger partial charge in [0.15, 0.2) is 0 Å². The smallest absolute Gasteiger partial charge is 0.0210 e. The molecule has 0 bridgehead atoms. The minimum atomic E-state index is 0.282. The first-order chi connectivity index (χ1) is 7.78. The zero-order chi connectivity index (χ0) is 13.1. The molecule has 1 aromatic carbocycles. The van der Waals surface area contributed by atoms with Gasteiger partial charge in [0.1, 0.15) is 0 Å². The van der Waals surface area contributed by atoms with Crippen LogP contribution in [0.15, 0.2) is 23.1 Å². The summed E-state index contributed by atoms with van der Waals surface area (Å²) in [5.74, 6) is 0. The maximum atomic E-state index is 3.46. The van der Waals surface area contributed by atoms with Gasteiger partial charge in [-0.25, -0.2) is 0 Å². The third kappa shape index (κ3) is 5.60. The maximum absolute atomic E-state index is 3.46. The molecule has 1 aromatic rings. The Kier molecular flexibility index (Phi) is 5.08. The lowest BCUT2D eigenvalue weighted by Gasteiger charge is -2.18. The van der Waals surface area contributed by atoms with Crippen molar-refractivity contribution < 1.29 is 0 Å². The van der Waals surface area contributed by atoms with E-state index in [0.29, 0.717) is 6.04 Å². The topological polar surface area (TPSA) is 12.0 Å². The number of nitrogens with one attached hydrogen (secondary N) is 1. The monoisotopic (exact) mass is 251 g/mol. The van der Waals surface area contributed by atoms with Crippen LogP contribution in [0, 0.1) is 6.92 Å². The number of hydrogen-bond acceptors (Lipinski definition) is 2. The van der Waals surface area contributed by atoms with Gasteiger partial charge in [-0.2, -0.15) is 0 Å². The molecule has 2 heteroatoms. The Labute approximate surface area is 110 Å². The highest BCUT2D eigenvalue weighted by Gasteiger charge is 2.12. The van der Waals surface area contributed by atoms with Gasteiger partial charge in [-0.15, -0.1) is 11.8 Å². The number of rotatable bonds is 4. The summed E-state index contributed by atoms with van der Waals surface area (Å²) in [6, 6.07) is 7.32. The Balaban J connectivity index is 2.72. The Morgan fingerprint density at radius 2 is 1.88 bits per heavy atom. The van der Waals surface area contributed by atoms with Crippen molar-refractivity contribution in [2.75, 3.05) is 0 Å². The standard InChI is InChI=1S/C15H25NS/c1-11(2)16-10-13-7-8-14(9-12(13)3)17-15(4,5)6/h7-9,11,16H,10H2,1-6H3. The fourth-order valence-electron chi connectivity index (χ4n) is 1.60. The second-order valence-electron chi connectivity index (χ2n) is 5.84. The largest absolute Gasteiger partial charge is 0.310 e. The van der Waals surface area contributed by atoms with E-state index in [-0.39, 0.29) is 4.75 Å². The highest BCUT2D eigenvalue weighted by atomic mass is 32.2. The first-order valence-electron chi connectivity index (χ1n) is 6.30. The minimum absolute atomic E-state index is 0.282. The van der Waals surface area contributed by atoms with Gasteiger partial charge in [-0.05, 0) is 30.2 Å². The first kappa shape index (κ1) is 14.6. The van der Waals surface area contributed by atoms with E-state index in [9.17, 15) is 0 Å². The van der Waals surface area contributed by atoms with Gasteiger partial charge in [-0.3, -0.25) is 0 Å². The molecule has 0 amide bonds. The lowest BCUT2D eigenvalue weighted by atomic mass is 10.1. The maximum Gasteiger partial charge on any atom is 0.0210 e. The molecule has 0 heterocycles. The summed E-state index contributed by atoms with van der Waals surface area (Å²) in [7, 11) is 0. The number of thioether (sulfide) groups is 1. The Hall–Kier alpha value is -0.470. The molecule has 0 saturated carbocycles. The molecule has 0 aliphatic rings. The zero-order valence-corrected chi connectivity index (χ0v) is 12.7. The normalized spacial score (nSPS) is 12.2. The summed E-state index contributed by atoms with van der Waals surface area (Å²) in [6.45, 7) is 14.3. The molecule has 0 unspecified atom stereocenters. The quantitative estimate of drug-likeness (QED) is 0.797. The third-order valence-electron chi connectivity index (χ3n) is 2.44. The predicted octanol–water partition coefficient (Wildman–Crippen LogP) is 4.38. The van der Waals surface area contributed by atoms with Crippen LogP contribution in [-0.4, -0.2) is 10.8 Å². The molecule has 1 nitrogen and oxygen atoms in total. The van der Waals surface area contributed by atoms with E-state index in [4.69, 9.17) is 0 Å². The highest BCUT2D eigenvalue weighted by Crippen LogP contribution is 2.32. The molecule has 17 heavy (non-hydrogen) atoms. The first-order valence-corrected chi connectivity index (χ1v) is 7.11. The molecule has 96 valence electrons. The summed E-state index contributed by atoms with van der Waals surface area (Å²) >= 11 is 1.93. The van der Waals surface area contributed by atoms with Crippen molar-refractivity contribution in [1.82, 2.24) is 5.32 Å². The molecule has 0 saturated heterocycles. The predicted molar refractivity (Wildman–Crippen MR) is 78.8 cm³/mol. The van der Waals surface area contributed by atoms with Crippen molar-refractivity contribution in [1.29, 1.82) is 0 Å². The number of benzene rings is 1. The molecule has 0 fully saturated rings. The minimum Gasteiger partial charge on any atom is -0.310 e. The fourth-order valence-corrected chi connectivity index (χ4v) is 2.68. The summed E-state index contributed by atoms with van der Waals surface area (Å²) in [5.41, 5.74) is 2.78. The second kappa shape index (κ2) is 5.92. The Bertz CT molecular complexity index is 364. The van der Waals surface area contributed by atoms with Crippen LogP contribution in [0.2, 0.25) is 0 Å². The van der Waals surface area contributed by atoms with E-state index < -0.39 is 0 Å². The fraction of sp³-hybridized carbons (Fsp3) is 0.600. The van der Waals surface area contributed by atoms with Crippen molar-refractivity contribution in [3.8, 4) is 0 Å². The zero-order valence-electron chi connectivity index (χ0n) is 11.9. The van der Waals surface area contributed by atoms with Gasteiger partial charge in [-0.1, -0.05) is 40.7 Å². The van der Waals surface area contributed by atoms with Gasteiger partial charge < -0.3 is 5.32 Å². The third-order valence-corrected chi connectivity index (χ3v) is 3.54. The lowest BCUT2D eigenvalue weighted by molar-refractivity contribution is 0.587. The van der Waals surface area contributed by atoms with Crippen molar-refractivity contribution in [3.63, 3.8) is 0 Å². The van der Waals surface area contributed by atoms with E-state index in [1.165, 1.54) is 16.0 Å². The molecule has 0 spiro atoms. The summed E-state index contributed by atoms with van der Waals surface area (Å²) in [4.78, 5) is 1.36. The van der Waals surface area contributed by atoms with Crippen molar-refractivity contribution in [2.45, 2.75) is 63.8 Å². The van der Waals surface area contributed by atoms with Gasteiger partial charge in [0.05, 0.1) is 0 Å². The van der Waals surface area contributed by atoms with Crippen LogP contribution < -0.4 is 5.32 Å². The van der Waals surface area contributed by atoms with Crippen LogP contribution in [0.1, 0.15) is 45.7 Å². The highest BCUT2D eigenvalue weighted by molar-refractivity contribution is 8.00. The van der Waals surface area contributed by atoms with Crippen molar-refractivity contribution in [2.24, 2.45) is 0 Å². The van der Waals surface area contributed by atoms with Gasteiger partial charge in [0.2, 0.25) is 0 Å². The molecular weight excluding hydrogens is 226 g/mol. The van der Waals surface area contributed by atoms with Crippen molar-refractivity contribution >= 4 is 11.8 Å². The van der Waals surface area contributed by atoms with E-state index in [1.54, 1.807) is 0 Å².